The van der Waals surface area contributed by atoms with Crippen LogP contribution in [0, 0.1) is 24.6 Å². The Balaban J connectivity index is 0. The van der Waals surface area contributed by atoms with E-state index in [9.17, 15) is 17.6 Å². The Morgan fingerprint density at radius 1 is 0.844 bits per heavy atom. The maximum Gasteiger partial charge on any atom is 0.503 e. The van der Waals surface area contributed by atoms with Crippen LogP contribution in [0.1, 0.15) is 52.9 Å². The molecule has 0 bridgehead atoms. The number of fused-ring (bicyclic) bond motifs is 1. The van der Waals surface area contributed by atoms with E-state index in [4.69, 9.17) is 35.7 Å². The van der Waals surface area contributed by atoms with Gasteiger partial charge >= 0.3 is 18.5 Å². The van der Waals surface area contributed by atoms with Crippen molar-refractivity contribution >= 4 is 40.7 Å². The lowest BCUT2D eigenvalue weighted by molar-refractivity contribution is -0.137. The van der Waals surface area contributed by atoms with Gasteiger partial charge in [0.25, 0.3) is 0 Å². The minimum atomic E-state index is -4.34. The molecule has 16 heteroatoms. The van der Waals surface area contributed by atoms with E-state index in [2.05, 4.69) is 66.8 Å². The number of nitrogens with one attached hydrogen (secondary N) is 2. The molecule has 250 valence electrons. The highest BCUT2D eigenvalue weighted by Gasteiger charge is 2.29. The molecule has 0 unspecified atom stereocenters. The Kier molecular flexibility index (Phi) is 20.1. The Bertz CT molecular complexity index is 1380. The normalized spacial score (nSPS) is 9.80. The topological polar surface area (TPSA) is 208 Å². The van der Waals surface area contributed by atoms with E-state index in [0.717, 1.165) is 40.8 Å². The number of imidazole rings is 1. The second kappa shape index (κ2) is 21.5. The van der Waals surface area contributed by atoms with Gasteiger partial charge in [0.05, 0.1) is 16.6 Å². The van der Waals surface area contributed by atoms with Crippen LogP contribution >= 0.6 is 0 Å². The highest BCUT2D eigenvalue weighted by atomic mass is 19.4. The van der Waals surface area contributed by atoms with Crippen molar-refractivity contribution in [3.8, 4) is 0 Å². The zero-order valence-electron chi connectivity index (χ0n) is 25.9. The summed E-state index contributed by atoms with van der Waals surface area (Å²) in [7, 11) is 0. The highest BCUT2D eigenvalue weighted by molar-refractivity contribution is 5.74. The molecule has 0 saturated heterocycles. The first-order valence-electron chi connectivity index (χ1n) is 13.1. The number of aromatic amines is 1. The summed E-state index contributed by atoms with van der Waals surface area (Å²) >= 11 is 0. The van der Waals surface area contributed by atoms with Gasteiger partial charge in [-0.25, -0.2) is 28.9 Å². The van der Waals surface area contributed by atoms with Crippen LogP contribution in [0.3, 0.4) is 0 Å². The molecular weight excluding hydrogens is 604 g/mol. The number of alkyl halides is 3. The zero-order valence-corrected chi connectivity index (χ0v) is 25.9. The fourth-order valence-corrected chi connectivity index (χ4v) is 2.44. The van der Waals surface area contributed by atoms with Gasteiger partial charge in [0.15, 0.2) is 0 Å². The molecule has 4 aromatic rings. The number of nitrogen functional groups attached to an aromatic ring is 1. The van der Waals surface area contributed by atoms with Crippen LogP contribution in [-0.4, -0.2) is 52.7 Å². The molecule has 0 atom stereocenters. The first-order valence-corrected chi connectivity index (χ1v) is 13.1. The van der Waals surface area contributed by atoms with E-state index in [0.29, 0.717) is 11.5 Å². The van der Waals surface area contributed by atoms with Crippen molar-refractivity contribution in [3.63, 3.8) is 0 Å². The molecule has 45 heavy (non-hydrogen) atoms. The smallest absolute Gasteiger partial charge is 0.450 e. The predicted molar refractivity (Wildman–Crippen MR) is 164 cm³/mol. The third-order valence-corrected chi connectivity index (χ3v) is 3.74. The summed E-state index contributed by atoms with van der Waals surface area (Å²) in [5.41, 5.74) is 6.80. The lowest BCUT2D eigenvalue weighted by Crippen LogP contribution is -2.04. The van der Waals surface area contributed by atoms with Crippen molar-refractivity contribution in [2.24, 2.45) is 11.8 Å². The van der Waals surface area contributed by atoms with Gasteiger partial charge in [0, 0.05) is 11.8 Å². The molecule has 8 N–H and O–H groups in total. The molecule has 0 saturated carbocycles. The number of nitrogens with zero attached hydrogens (tertiary/aromatic N) is 3. The molecule has 0 amide bonds. The first kappa shape index (κ1) is 42.0. The Hall–Kier alpha value is -5.15. The van der Waals surface area contributed by atoms with E-state index in [1.54, 1.807) is 6.07 Å². The zero-order chi connectivity index (χ0) is 35.3. The van der Waals surface area contributed by atoms with Gasteiger partial charge < -0.3 is 36.5 Å². The molecule has 4 rings (SSSR count). The minimum absolute atomic E-state index is 0.235. The molecule has 0 aliphatic heterocycles. The van der Waals surface area contributed by atoms with Crippen molar-refractivity contribution in [2.45, 2.75) is 54.6 Å². The fraction of sp³-hybridized carbons (Fsp3) is 0.345. The lowest BCUT2D eigenvalue weighted by Gasteiger charge is -2.09. The number of rotatable bonds is 2. The third-order valence-electron chi connectivity index (χ3n) is 3.74. The molecule has 0 spiro atoms. The van der Waals surface area contributed by atoms with Crippen LogP contribution in [-0.2, 0) is 6.18 Å². The molecule has 2 aromatic heterocycles. The van der Waals surface area contributed by atoms with Crippen molar-refractivity contribution in [1.29, 1.82) is 0 Å². The summed E-state index contributed by atoms with van der Waals surface area (Å²) in [5, 5.41) is 30.7. The van der Waals surface area contributed by atoms with Gasteiger partial charge in [-0.2, -0.15) is 13.2 Å². The lowest BCUT2D eigenvalue weighted by atomic mass is 10.2. The predicted octanol–water partition coefficient (Wildman–Crippen LogP) is 8.60. The second-order valence-corrected chi connectivity index (χ2v) is 10.0. The fourth-order valence-electron chi connectivity index (χ4n) is 2.44. The summed E-state index contributed by atoms with van der Waals surface area (Å²) in [6, 6.07) is 10.6. The van der Waals surface area contributed by atoms with Crippen LogP contribution in [0.4, 0.5) is 44.5 Å². The number of carboxylic acid groups (broad SMARTS) is 4. The van der Waals surface area contributed by atoms with Crippen LogP contribution in [0.2, 0.25) is 0 Å². The summed E-state index contributed by atoms with van der Waals surface area (Å²) in [6.07, 6.45) is -6.74. The molecule has 0 fully saturated rings. The SMILES string of the molecule is CC(C)C.CC(C)C.Cc1nc2ccc(F)cc2[nH]1.Nc1cc(Nc2ccc(C(F)(F)F)cc2)ncn1.O=C(O)O.O=C(O)O. The summed E-state index contributed by atoms with van der Waals surface area (Å²) in [6.45, 7) is 14.8. The Labute approximate surface area is 258 Å². The number of halogens is 4. The maximum absolute atomic E-state index is 12.6. The molecular formula is C29H40F4N6O6. The van der Waals surface area contributed by atoms with Crippen LogP contribution in [0.25, 0.3) is 11.0 Å². The van der Waals surface area contributed by atoms with Gasteiger partial charge in [0.2, 0.25) is 0 Å². The number of aromatic nitrogens is 4. The summed E-state index contributed by atoms with van der Waals surface area (Å²) in [5.74, 6) is 2.94. The summed E-state index contributed by atoms with van der Waals surface area (Å²) < 4.78 is 49.6. The van der Waals surface area contributed by atoms with Crippen molar-refractivity contribution in [3.05, 3.63) is 72.1 Å². The van der Waals surface area contributed by atoms with Crippen molar-refractivity contribution < 1.29 is 47.6 Å². The van der Waals surface area contributed by atoms with E-state index < -0.39 is 24.1 Å². The van der Waals surface area contributed by atoms with Gasteiger partial charge in [0.1, 0.15) is 29.6 Å². The third kappa shape index (κ3) is 25.1. The van der Waals surface area contributed by atoms with Crippen LogP contribution in [0.15, 0.2) is 54.9 Å². The molecule has 0 aliphatic rings. The van der Waals surface area contributed by atoms with E-state index >= 15 is 0 Å². The quantitative estimate of drug-likeness (QED) is 0.103. The van der Waals surface area contributed by atoms with Crippen molar-refractivity contribution in [2.75, 3.05) is 11.1 Å². The summed E-state index contributed by atoms with van der Waals surface area (Å²) in [4.78, 5) is 31.8. The standard InChI is InChI=1S/C11H9F3N4.C8H7FN2.2C4H10.2CH2O3/c12-11(13,14)7-1-3-8(4-2-7)18-10-5-9(15)16-6-17-10;1-5-10-7-3-2-6(9)4-8(7)11-5;2*1-4(2)3;2*2-1(3)4/h1-6H,(H3,15,16,17,18);2-4H,1H3,(H,10,11);2*4H,1-3H3;2*(H2,2,3,4). The second-order valence-electron chi connectivity index (χ2n) is 10.0. The first-order chi connectivity index (χ1) is 20.6. The van der Waals surface area contributed by atoms with Gasteiger partial charge in [-0.3, -0.25) is 0 Å². The van der Waals surface area contributed by atoms with Crippen LogP contribution < -0.4 is 11.1 Å². The number of hydrogen-bond acceptors (Lipinski definition) is 7. The van der Waals surface area contributed by atoms with E-state index in [-0.39, 0.29) is 11.6 Å². The average molecular weight is 645 g/mol. The van der Waals surface area contributed by atoms with Gasteiger partial charge in [-0.15, -0.1) is 0 Å². The maximum atomic E-state index is 12.6. The molecule has 0 aliphatic carbocycles. The van der Waals surface area contributed by atoms with Gasteiger partial charge in [-0.1, -0.05) is 41.5 Å². The highest BCUT2D eigenvalue weighted by Crippen LogP contribution is 2.30. The van der Waals surface area contributed by atoms with E-state index in [1.165, 1.54) is 36.7 Å². The largest absolute Gasteiger partial charge is 0.503 e. The van der Waals surface area contributed by atoms with E-state index in [1.807, 2.05) is 6.92 Å². The van der Waals surface area contributed by atoms with Gasteiger partial charge in [-0.05, 0) is 61.2 Å². The molecule has 12 nitrogen and oxygen atoms in total. The number of hydrogen-bond donors (Lipinski definition) is 7. The van der Waals surface area contributed by atoms with Crippen LogP contribution in [0.5, 0.6) is 0 Å². The number of aryl methyl sites for hydroxylation is 1. The molecule has 0 radical (unpaired) electrons. The van der Waals surface area contributed by atoms with Crippen molar-refractivity contribution in [1.82, 2.24) is 19.9 Å². The Morgan fingerprint density at radius 3 is 1.73 bits per heavy atom. The molecule has 2 aromatic carbocycles. The number of H-pyrrole nitrogens is 1. The number of nitrogens with two attached hydrogens (primary N) is 1. The minimum Gasteiger partial charge on any atom is -0.450 e. The average Bonchev–Trinajstić information content (AvgIpc) is 3.22. The molecule has 2 heterocycles. The Morgan fingerprint density at radius 2 is 1.31 bits per heavy atom. The number of carbonyl (C=O) groups is 2. The number of benzene rings is 2. The monoisotopic (exact) mass is 644 g/mol. The number of anilines is 3.